The van der Waals surface area contributed by atoms with Gasteiger partial charge in [-0.1, -0.05) is 13.3 Å². The van der Waals surface area contributed by atoms with E-state index in [9.17, 15) is 14.9 Å². The van der Waals surface area contributed by atoms with Crippen molar-refractivity contribution in [2.45, 2.75) is 39.7 Å². The van der Waals surface area contributed by atoms with Crippen molar-refractivity contribution in [2.24, 2.45) is 5.10 Å². The molecule has 9 nitrogen and oxygen atoms in total. The van der Waals surface area contributed by atoms with Gasteiger partial charge in [-0.3, -0.25) is 14.9 Å². The summed E-state index contributed by atoms with van der Waals surface area (Å²) < 4.78 is 7.19. The molecule has 170 valence electrons. The van der Waals surface area contributed by atoms with E-state index in [4.69, 9.17) is 9.72 Å². The van der Waals surface area contributed by atoms with Crippen molar-refractivity contribution in [3.63, 3.8) is 0 Å². The van der Waals surface area contributed by atoms with Gasteiger partial charge in [0, 0.05) is 36.7 Å². The van der Waals surface area contributed by atoms with Crippen molar-refractivity contribution in [1.29, 1.82) is 0 Å². The number of fused-ring (bicyclic) bond motifs is 3. The van der Waals surface area contributed by atoms with Crippen molar-refractivity contribution in [1.82, 2.24) is 14.6 Å². The van der Waals surface area contributed by atoms with Gasteiger partial charge in [-0.25, -0.2) is 9.97 Å². The number of benzene rings is 1. The lowest BCUT2D eigenvalue weighted by molar-refractivity contribution is -0.384. The molecule has 3 aromatic heterocycles. The first-order valence-corrected chi connectivity index (χ1v) is 11.4. The van der Waals surface area contributed by atoms with Crippen LogP contribution in [0.1, 0.15) is 42.4 Å². The molecule has 0 spiro atoms. The molecule has 0 bridgehead atoms. The minimum atomic E-state index is -0.457. The van der Waals surface area contributed by atoms with Gasteiger partial charge in [-0.2, -0.15) is 9.78 Å². The summed E-state index contributed by atoms with van der Waals surface area (Å²) >= 11 is 1.30. The molecule has 0 aliphatic heterocycles. The topological polar surface area (TPSA) is 113 Å². The first kappa shape index (κ1) is 22.7. The number of methoxy groups -OCH3 is 1. The molecule has 4 rings (SSSR count). The molecule has 0 unspecified atom stereocenters. The zero-order chi connectivity index (χ0) is 23.5. The third kappa shape index (κ3) is 4.53. The quantitative estimate of drug-likeness (QED) is 0.214. The molecule has 0 aliphatic rings. The number of nitro groups is 1. The van der Waals surface area contributed by atoms with Crippen LogP contribution >= 0.6 is 11.3 Å². The lowest BCUT2D eigenvalue weighted by Gasteiger charge is -2.08. The van der Waals surface area contributed by atoms with E-state index in [0.29, 0.717) is 34.6 Å². The van der Waals surface area contributed by atoms with Gasteiger partial charge in [0.15, 0.2) is 0 Å². The maximum Gasteiger partial charge on any atom is 0.292 e. The third-order valence-corrected chi connectivity index (χ3v) is 6.26. The smallest absolute Gasteiger partial charge is 0.292 e. The number of non-ortho nitro benzene ring substituents is 1. The minimum absolute atomic E-state index is 0.00373. The molecule has 1 aromatic carbocycles. The average Bonchev–Trinajstić information content (AvgIpc) is 3.16. The molecule has 0 aliphatic carbocycles. The maximum atomic E-state index is 13.5. The zero-order valence-corrected chi connectivity index (χ0v) is 19.4. The van der Waals surface area contributed by atoms with Gasteiger partial charge in [0.2, 0.25) is 0 Å². The number of nitro benzene ring substituents is 1. The lowest BCUT2D eigenvalue weighted by atomic mass is 10.1. The number of unbranched alkanes of at least 4 members (excludes halogenated alkanes) is 1. The highest BCUT2D eigenvalue weighted by Crippen LogP contribution is 2.33. The number of aromatic nitrogens is 3. The van der Waals surface area contributed by atoms with Crippen LogP contribution in [0.2, 0.25) is 0 Å². The monoisotopic (exact) mass is 465 g/mol. The Balaban J connectivity index is 1.88. The van der Waals surface area contributed by atoms with Gasteiger partial charge < -0.3 is 4.74 Å². The number of thiophene rings is 1. The molecule has 0 saturated heterocycles. The molecule has 10 heteroatoms. The molecule has 0 amide bonds. The van der Waals surface area contributed by atoms with E-state index in [-0.39, 0.29) is 11.2 Å². The van der Waals surface area contributed by atoms with Crippen molar-refractivity contribution >= 4 is 43.7 Å². The van der Waals surface area contributed by atoms with E-state index in [1.165, 1.54) is 34.4 Å². The SMILES string of the molecule is CCCCc1nc2c(sc3nc(C)cc(COC)c32)c(=O)n1N=Cc1ccc([N+](=O)[O-])cc1. The molecule has 0 fully saturated rings. The lowest BCUT2D eigenvalue weighted by Crippen LogP contribution is -2.21. The fourth-order valence-electron chi connectivity index (χ4n) is 3.63. The average molecular weight is 466 g/mol. The highest BCUT2D eigenvalue weighted by Gasteiger charge is 2.19. The normalized spacial score (nSPS) is 11.7. The van der Waals surface area contributed by atoms with Crippen LogP contribution in [0.5, 0.6) is 0 Å². The van der Waals surface area contributed by atoms with Gasteiger partial charge in [-0.15, -0.1) is 11.3 Å². The predicted octanol–water partition coefficient (Wildman–Crippen LogP) is 4.59. The summed E-state index contributed by atoms with van der Waals surface area (Å²) in [5.41, 5.74) is 2.82. The largest absolute Gasteiger partial charge is 0.380 e. The molecule has 0 atom stereocenters. The number of ether oxygens (including phenoxy) is 1. The van der Waals surface area contributed by atoms with E-state index in [0.717, 1.165) is 34.3 Å². The van der Waals surface area contributed by atoms with E-state index in [1.807, 2.05) is 13.0 Å². The first-order chi connectivity index (χ1) is 15.9. The summed E-state index contributed by atoms with van der Waals surface area (Å²) in [6.45, 7) is 4.39. The Labute approximate surface area is 193 Å². The Morgan fingerprint density at radius 2 is 2.03 bits per heavy atom. The summed E-state index contributed by atoms with van der Waals surface area (Å²) in [7, 11) is 1.64. The number of hydrogen-bond donors (Lipinski definition) is 0. The van der Waals surface area contributed by atoms with Crippen LogP contribution in [-0.4, -0.2) is 32.9 Å². The van der Waals surface area contributed by atoms with E-state index < -0.39 is 4.92 Å². The van der Waals surface area contributed by atoms with Crippen molar-refractivity contribution in [3.05, 3.63) is 73.4 Å². The Morgan fingerprint density at radius 3 is 2.70 bits per heavy atom. The van der Waals surface area contributed by atoms with Crippen LogP contribution in [0, 0.1) is 17.0 Å². The number of pyridine rings is 1. The second-order valence-corrected chi connectivity index (χ2v) is 8.66. The second kappa shape index (κ2) is 9.55. The number of hydrogen-bond acceptors (Lipinski definition) is 8. The summed E-state index contributed by atoms with van der Waals surface area (Å²) in [5.74, 6) is 0.566. The van der Waals surface area contributed by atoms with Crippen LogP contribution in [0.4, 0.5) is 5.69 Å². The standard InChI is InChI=1S/C23H23N5O4S/c1-4-5-6-18-26-20-19-16(13-32-3)11-14(2)25-22(19)33-21(20)23(29)27(18)24-12-15-7-9-17(10-8-15)28(30)31/h7-12H,4-6,13H2,1-3H3. The first-order valence-electron chi connectivity index (χ1n) is 10.5. The zero-order valence-electron chi connectivity index (χ0n) is 18.6. The van der Waals surface area contributed by atoms with Gasteiger partial charge in [0.1, 0.15) is 15.4 Å². The fourth-order valence-corrected chi connectivity index (χ4v) is 4.76. The summed E-state index contributed by atoms with van der Waals surface area (Å²) in [5, 5.41) is 16.1. The summed E-state index contributed by atoms with van der Waals surface area (Å²) in [6, 6.07) is 7.95. The predicted molar refractivity (Wildman–Crippen MR) is 129 cm³/mol. The number of aryl methyl sites for hydroxylation is 2. The molecule has 0 saturated carbocycles. The second-order valence-electron chi connectivity index (χ2n) is 7.66. The molecule has 0 radical (unpaired) electrons. The van der Waals surface area contributed by atoms with E-state index >= 15 is 0 Å². The van der Waals surface area contributed by atoms with Crippen LogP contribution < -0.4 is 5.56 Å². The molecule has 3 heterocycles. The summed E-state index contributed by atoms with van der Waals surface area (Å²) in [6.07, 6.45) is 3.91. The van der Waals surface area contributed by atoms with Gasteiger partial charge >= 0.3 is 0 Å². The van der Waals surface area contributed by atoms with Crippen molar-refractivity contribution in [3.8, 4) is 0 Å². The highest BCUT2D eigenvalue weighted by atomic mass is 32.1. The molecule has 33 heavy (non-hydrogen) atoms. The molecule has 4 aromatic rings. The minimum Gasteiger partial charge on any atom is -0.380 e. The molecular weight excluding hydrogens is 442 g/mol. The van der Waals surface area contributed by atoms with Crippen LogP contribution in [-0.2, 0) is 17.8 Å². The van der Waals surface area contributed by atoms with E-state index in [1.54, 1.807) is 19.2 Å². The van der Waals surface area contributed by atoms with Gasteiger partial charge in [0.25, 0.3) is 11.2 Å². The van der Waals surface area contributed by atoms with E-state index in [2.05, 4.69) is 17.0 Å². The third-order valence-electron chi connectivity index (χ3n) is 5.20. The van der Waals surface area contributed by atoms with Crippen molar-refractivity contribution in [2.75, 3.05) is 7.11 Å². The number of nitrogens with zero attached hydrogens (tertiary/aromatic N) is 5. The Bertz CT molecular complexity index is 1420. The van der Waals surface area contributed by atoms with Crippen molar-refractivity contribution < 1.29 is 9.66 Å². The molecule has 0 N–H and O–H groups in total. The van der Waals surface area contributed by atoms with Gasteiger partial charge in [-0.05, 0) is 42.7 Å². The molecular formula is C23H23N5O4S. The fraction of sp³-hybridized carbons (Fsp3) is 0.304. The number of rotatable bonds is 8. The summed E-state index contributed by atoms with van der Waals surface area (Å²) in [4.78, 5) is 34.1. The van der Waals surface area contributed by atoms with Crippen LogP contribution in [0.25, 0.3) is 20.4 Å². The Morgan fingerprint density at radius 1 is 1.27 bits per heavy atom. The Hall–Kier alpha value is -3.50. The van der Waals surface area contributed by atoms with Gasteiger partial charge in [0.05, 0.1) is 23.3 Å². The highest BCUT2D eigenvalue weighted by molar-refractivity contribution is 7.25. The Kier molecular flexibility index (Phi) is 6.57. The van der Waals surface area contributed by atoms with Crippen LogP contribution in [0.15, 0.2) is 40.2 Å². The maximum absolute atomic E-state index is 13.5. The van der Waals surface area contributed by atoms with Crippen LogP contribution in [0.3, 0.4) is 0 Å².